The van der Waals surface area contributed by atoms with Crippen LogP contribution in [0, 0.1) is 0 Å². The molecule has 0 saturated carbocycles. The maximum absolute atomic E-state index is 13.4. The number of nitrogens with zero attached hydrogens (tertiary/aromatic N) is 2. The zero-order valence-corrected chi connectivity index (χ0v) is 20.0. The minimum absolute atomic E-state index is 0.154. The normalized spacial score (nSPS) is 11.5. The number of amides is 1. The molecule has 11 heteroatoms. The second-order valence-electron chi connectivity index (χ2n) is 7.45. The number of benzene rings is 3. The maximum Gasteiger partial charge on any atom is 0.435 e. The number of nitrogens with one attached hydrogen (secondary N) is 1. The number of carbonyl (C=O) groups is 1. The third-order valence-corrected chi connectivity index (χ3v) is 6.02. The van der Waals surface area contributed by atoms with E-state index < -0.39 is 17.8 Å². The van der Waals surface area contributed by atoms with Gasteiger partial charge in [0.1, 0.15) is 0 Å². The van der Waals surface area contributed by atoms with Gasteiger partial charge in [-0.2, -0.15) is 18.3 Å². The van der Waals surface area contributed by atoms with Gasteiger partial charge in [0.25, 0.3) is 5.91 Å². The smallest absolute Gasteiger partial charge is 0.326 e. The van der Waals surface area contributed by atoms with Crippen molar-refractivity contribution < 1.29 is 18.0 Å². The molecule has 0 aliphatic rings. The van der Waals surface area contributed by atoms with Gasteiger partial charge in [-0.05, 0) is 48.0 Å². The Morgan fingerprint density at radius 1 is 0.943 bits per heavy atom. The van der Waals surface area contributed by atoms with Crippen molar-refractivity contribution >= 4 is 46.4 Å². The summed E-state index contributed by atoms with van der Waals surface area (Å²) in [5, 5.41) is 7.06. The van der Waals surface area contributed by atoms with Crippen LogP contribution in [0.4, 0.5) is 18.9 Å². The van der Waals surface area contributed by atoms with Crippen molar-refractivity contribution in [3.8, 4) is 16.9 Å². The first-order chi connectivity index (χ1) is 16.6. The standard InChI is InChI=1S/C24H16Cl3F3N4O/c25-16-3-1-2-4-19(16)34-20(11-21(33-34)24(28,29)30)14-5-7-15(8-6-14)23(35)32-22-17(26)9-13(12-31)10-18(22)27/h1-11H,12,31H2,(H,32,35). The number of hydrogen-bond donors (Lipinski definition) is 2. The summed E-state index contributed by atoms with van der Waals surface area (Å²) < 4.78 is 41.4. The Balaban J connectivity index is 1.67. The first kappa shape index (κ1) is 25.1. The predicted octanol–water partition coefficient (Wildman–Crippen LogP) is 7.23. The van der Waals surface area contributed by atoms with Gasteiger partial charge in [0.2, 0.25) is 0 Å². The highest BCUT2D eigenvalue weighted by molar-refractivity contribution is 6.40. The summed E-state index contributed by atoms with van der Waals surface area (Å²) in [4.78, 5) is 12.8. The van der Waals surface area contributed by atoms with E-state index in [2.05, 4.69) is 10.4 Å². The third-order valence-electron chi connectivity index (χ3n) is 5.10. The molecule has 180 valence electrons. The third kappa shape index (κ3) is 5.31. The molecule has 0 spiro atoms. The highest BCUT2D eigenvalue weighted by Gasteiger charge is 2.35. The molecule has 3 aromatic carbocycles. The molecular weight excluding hydrogens is 524 g/mol. The van der Waals surface area contributed by atoms with Crippen LogP contribution in [0.25, 0.3) is 16.9 Å². The number of halogens is 6. The van der Waals surface area contributed by atoms with Crippen molar-refractivity contribution in [2.24, 2.45) is 5.73 Å². The van der Waals surface area contributed by atoms with E-state index in [0.717, 1.165) is 10.7 Å². The number of carbonyl (C=O) groups excluding carboxylic acids is 1. The van der Waals surface area contributed by atoms with Crippen LogP contribution < -0.4 is 11.1 Å². The van der Waals surface area contributed by atoms with Crippen LogP contribution in [0.2, 0.25) is 15.1 Å². The topological polar surface area (TPSA) is 72.9 Å². The largest absolute Gasteiger partial charge is 0.435 e. The number of rotatable bonds is 5. The molecule has 4 aromatic rings. The van der Waals surface area contributed by atoms with E-state index in [1.54, 1.807) is 36.4 Å². The second-order valence-corrected chi connectivity index (χ2v) is 8.67. The number of hydrogen-bond acceptors (Lipinski definition) is 3. The van der Waals surface area contributed by atoms with Gasteiger partial charge in [-0.1, -0.05) is 59.1 Å². The fourth-order valence-electron chi connectivity index (χ4n) is 3.37. The molecule has 0 aliphatic heterocycles. The van der Waals surface area contributed by atoms with Crippen molar-refractivity contribution in [1.29, 1.82) is 0 Å². The Morgan fingerprint density at radius 3 is 2.14 bits per heavy atom. The van der Waals surface area contributed by atoms with E-state index in [9.17, 15) is 18.0 Å². The molecular formula is C24H16Cl3F3N4O. The maximum atomic E-state index is 13.4. The van der Waals surface area contributed by atoms with Crippen molar-refractivity contribution in [2.45, 2.75) is 12.7 Å². The molecule has 1 aromatic heterocycles. The molecule has 5 nitrogen and oxygen atoms in total. The lowest BCUT2D eigenvalue weighted by molar-refractivity contribution is -0.141. The zero-order valence-electron chi connectivity index (χ0n) is 17.7. The summed E-state index contributed by atoms with van der Waals surface area (Å²) >= 11 is 18.6. The minimum Gasteiger partial charge on any atom is -0.326 e. The lowest BCUT2D eigenvalue weighted by atomic mass is 10.1. The van der Waals surface area contributed by atoms with Gasteiger partial charge in [-0.25, -0.2) is 4.68 Å². The molecule has 0 radical (unpaired) electrons. The molecule has 3 N–H and O–H groups in total. The summed E-state index contributed by atoms with van der Waals surface area (Å²) in [6, 6.07) is 16.5. The average molecular weight is 540 g/mol. The Morgan fingerprint density at radius 2 is 1.57 bits per heavy atom. The average Bonchev–Trinajstić information content (AvgIpc) is 3.27. The summed E-state index contributed by atoms with van der Waals surface area (Å²) in [7, 11) is 0. The van der Waals surface area contributed by atoms with E-state index in [-0.39, 0.29) is 44.2 Å². The predicted molar refractivity (Wildman–Crippen MR) is 131 cm³/mol. The minimum atomic E-state index is -4.65. The Labute approximate surface area is 213 Å². The van der Waals surface area contributed by atoms with Gasteiger partial charge >= 0.3 is 6.18 Å². The van der Waals surface area contributed by atoms with Crippen molar-refractivity contribution in [3.05, 3.63) is 98.6 Å². The highest BCUT2D eigenvalue weighted by atomic mass is 35.5. The number of aromatic nitrogens is 2. The second kappa shape index (κ2) is 9.91. The molecule has 0 saturated heterocycles. The van der Waals surface area contributed by atoms with E-state index in [1.165, 1.54) is 24.3 Å². The van der Waals surface area contributed by atoms with Gasteiger partial charge in [0, 0.05) is 17.7 Å². The van der Waals surface area contributed by atoms with Gasteiger partial charge in [-0.3, -0.25) is 4.79 Å². The quantitative estimate of drug-likeness (QED) is 0.281. The van der Waals surface area contributed by atoms with Crippen LogP contribution >= 0.6 is 34.8 Å². The molecule has 0 unspecified atom stereocenters. The molecule has 0 bridgehead atoms. The SMILES string of the molecule is NCc1cc(Cl)c(NC(=O)c2ccc(-c3cc(C(F)(F)F)nn3-c3ccccc3Cl)cc2)c(Cl)c1. The fourth-order valence-corrected chi connectivity index (χ4v) is 4.22. The molecule has 1 amide bonds. The van der Waals surface area contributed by atoms with Gasteiger partial charge < -0.3 is 11.1 Å². The van der Waals surface area contributed by atoms with Crippen molar-refractivity contribution in [1.82, 2.24) is 9.78 Å². The summed E-state index contributed by atoms with van der Waals surface area (Å²) in [5.74, 6) is -0.503. The van der Waals surface area contributed by atoms with Crippen LogP contribution in [-0.2, 0) is 12.7 Å². The number of nitrogens with two attached hydrogens (primary N) is 1. The summed E-state index contributed by atoms with van der Waals surface area (Å²) in [6.45, 7) is 0.232. The Bertz CT molecular complexity index is 1380. The summed E-state index contributed by atoms with van der Waals surface area (Å²) in [6.07, 6.45) is -4.65. The van der Waals surface area contributed by atoms with Crippen LogP contribution in [-0.4, -0.2) is 15.7 Å². The van der Waals surface area contributed by atoms with E-state index in [1.807, 2.05) is 0 Å². The number of para-hydroxylation sites is 1. The first-order valence-electron chi connectivity index (χ1n) is 10.1. The van der Waals surface area contributed by atoms with Crippen molar-refractivity contribution in [3.63, 3.8) is 0 Å². The Hall–Kier alpha value is -3.04. The highest BCUT2D eigenvalue weighted by Crippen LogP contribution is 2.35. The molecule has 0 atom stereocenters. The zero-order chi connectivity index (χ0) is 25.3. The van der Waals surface area contributed by atoms with E-state index >= 15 is 0 Å². The molecule has 0 fully saturated rings. The molecule has 0 aliphatic carbocycles. The monoisotopic (exact) mass is 538 g/mol. The molecule has 4 rings (SSSR count). The van der Waals surface area contributed by atoms with E-state index in [4.69, 9.17) is 40.5 Å². The fraction of sp³-hybridized carbons (Fsp3) is 0.0833. The molecule has 35 heavy (non-hydrogen) atoms. The molecule has 1 heterocycles. The van der Waals surface area contributed by atoms with Crippen molar-refractivity contribution in [2.75, 3.05) is 5.32 Å². The van der Waals surface area contributed by atoms with Gasteiger partial charge in [0.05, 0.1) is 32.1 Å². The number of alkyl halides is 3. The Kier molecular flexibility index (Phi) is 7.10. The lowest BCUT2D eigenvalue weighted by Crippen LogP contribution is -2.13. The van der Waals surface area contributed by atoms with Crippen LogP contribution in [0.1, 0.15) is 21.6 Å². The summed E-state index contributed by atoms with van der Waals surface area (Å²) in [5.41, 5.74) is 6.53. The number of anilines is 1. The first-order valence-corrected chi connectivity index (χ1v) is 11.2. The van der Waals surface area contributed by atoms with Crippen LogP contribution in [0.15, 0.2) is 66.7 Å². The lowest BCUT2D eigenvalue weighted by Gasteiger charge is -2.12. The van der Waals surface area contributed by atoms with Gasteiger partial charge in [0.15, 0.2) is 5.69 Å². The van der Waals surface area contributed by atoms with Gasteiger partial charge in [-0.15, -0.1) is 0 Å². The van der Waals surface area contributed by atoms with Crippen LogP contribution in [0.5, 0.6) is 0 Å². The van der Waals surface area contributed by atoms with Crippen LogP contribution in [0.3, 0.4) is 0 Å². The van der Waals surface area contributed by atoms with E-state index in [0.29, 0.717) is 11.1 Å².